The Morgan fingerprint density at radius 1 is 1.77 bits per heavy atom. The van der Waals surface area contributed by atoms with Crippen molar-refractivity contribution in [2.45, 2.75) is 20.4 Å². The van der Waals surface area contributed by atoms with Gasteiger partial charge in [-0.2, -0.15) is 0 Å². The van der Waals surface area contributed by atoms with Gasteiger partial charge in [0.1, 0.15) is 4.60 Å². The van der Waals surface area contributed by atoms with Crippen molar-refractivity contribution in [1.29, 1.82) is 0 Å². The van der Waals surface area contributed by atoms with E-state index in [2.05, 4.69) is 26.4 Å². The Hall–Kier alpha value is -0.840. The molecule has 0 spiro atoms. The lowest BCUT2D eigenvalue weighted by molar-refractivity contribution is -0.124. The molecular weight excluding hydrogens is 236 g/mol. The largest absolute Gasteiger partial charge is 0.358 e. The Kier molecular flexibility index (Phi) is 3.48. The third kappa shape index (κ3) is 3.18. The molecule has 1 aromatic heterocycles. The molecule has 5 heteroatoms. The van der Waals surface area contributed by atoms with Crippen molar-refractivity contribution in [2.24, 2.45) is 5.92 Å². The van der Waals surface area contributed by atoms with Gasteiger partial charge in [0.25, 0.3) is 0 Å². The number of hydrogen-bond acceptors (Lipinski definition) is 3. The van der Waals surface area contributed by atoms with E-state index in [0.717, 1.165) is 0 Å². The van der Waals surface area contributed by atoms with E-state index in [9.17, 15) is 4.79 Å². The molecule has 0 fully saturated rings. The van der Waals surface area contributed by atoms with Crippen molar-refractivity contribution < 1.29 is 9.32 Å². The van der Waals surface area contributed by atoms with Gasteiger partial charge in [-0.05, 0) is 15.9 Å². The number of amides is 1. The summed E-state index contributed by atoms with van der Waals surface area (Å²) in [5.41, 5.74) is 0. The minimum Gasteiger partial charge on any atom is -0.358 e. The maximum atomic E-state index is 11.1. The minimum atomic E-state index is -0.00800. The zero-order valence-electron chi connectivity index (χ0n) is 7.50. The second kappa shape index (κ2) is 4.41. The molecule has 0 radical (unpaired) electrons. The van der Waals surface area contributed by atoms with Gasteiger partial charge in [-0.25, -0.2) is 0 Å². The molecule has 0 atom stereocenters. The second-order valence-corrected chi connectivity index (χ2v) is 3.80. The molecule has 0 bridgehead atoms. The number of carbonyl (C=O) groups is 1. The summed E-state index contributed by atoms with van der Waals surface area (Å²) in [5.74, 6) is 0.639. The van der Waals surface area contributed by atoms with Crippen molar-refractivity contribution in [2.75, 3.05) is 0 Å². The van der Waals surface area contributed by atoms with Gasteiger partial charge in [0.2, 0.25) is 5.91 Å². The third-order valence-corrected chi connectivity index (χ3v) is 1.87. The van der Waals surface area contributed by atoms with Crippen LogP contribution in [0.1, 0.15) is 19.6 Å². The lowest BCUT2D eigenvalue weighted by Gasteiger charge is -2.04. The third-order valence-electron chi connectivity index (χ3n) is 1.49. The van der Waals surface area contributed by atoms with E-state index in [1.807, 2.05) is 13.8 Å². The van der Waals surface area contributed by atoms with Crippen LogP contribution < -0.4 is 5.32 Å². The molecule has 0 unspecified atom stereocenters. The SMILES string of the molecule is CC(C)C(=O)NCc1cc(Br)no1. The molecule has 4 nitrogen and oxygen atoms in total. The van der Waals surface area contributed by atoms with Crippen molar-refractivity contribution in [3.63, 3.8) is 0 Å². The predicted octanol–water partition coefficient (Wildman–Crippen LogP) is 1.71. The number of aromatic nitrogens is 1. The first kappa shape index (κ1) is 10.2. The summed E-state index contributed by atoms with van der Waals surface area (Å²) in [6.45, 7) is 4.06. The first-order valence-electron chi connectivity index (χ1n) is 3.98. The highest BCUT2D eigenvalue weighted by Gasteiger charge is 2.07. The van der Waals surface area contributed by atoms with Crippen molar-refractivity contribution >= 4 is 21.8 Å². The monoisotopic (exact) mass is 246 g/mol. The molecule has 0 aliphatic carbocycles. The fraction of sp³-hybridized carbons (Fsp3) is 0.500. The van der Waals surface area contributed by atoms with Gasteiger partial charge in [0.15, 0.2) is 5.76 Å². The highest BCUT2D eigenvalue weighted by atomic mass is 79.9. The van der Waals surface area contributed by atoms with Crippen LogP contribution in [0, 0.1) is 5.92 Å². The van der Waals surface area contributed by atoms with Crippen LogP contribution in [0.15, 0.2) is 15.2 Å². The minimum absolute atomic E-state index is 0.00697. The lowest BCUT2D eigenvalue weighted by Crippen LogP contribution is -2.26. The number of halogens is 1. The predicted molar refractivity (Wildman–Crippen MR) is 50.9 cm³/mol. The van der Waals surface area contributed by atoms with E-state index >= 15 is 0 Å². The van der Waals surface area contributed by atoms with Gasteiger partial charge in [-0.15, -0.1) is 0 Å². The van der Waals surface area contributed by atoms with Gasteiger partial charge >= 0.3 is 0 Å². The summed E-state index contributed by atoms with van der Waals surface area (Å²) < 4.78 is 5.52. The van der Waals surface area contributed by atoms with Crippen LogP contribution in [0.3, 0.4) is 0 Å². The fourth-order valence-electron chi connectivity index (χ4n) is 0.749. The molecule has 72 valence electrons. The molecule has 1 N–H and O–H groups in total. The second-order valence-electron chi connectivity index (χ2n) is 2.99. The van der Waals surface area contributed by atoms with Crippen LogP contribution in [0.5, 0.6) is 0 Å². The molecular formula is C8H11BrN2O2. The maximum absolute atomic E-state index is 11.1. The van der Waals surface area contributed by atoms with Gasteiger partial charge in [0.05, 0.1) is 6.54 Å². The highest BCUT2D eigenvalue weighted by molar-refractivity contribution is 9.10. The van der Waals surface area contributed by atoms with Gasteiger partial charge in [-0.1, -0.05) is 19.0 Å². The quantitative estimate of drug-likeness (QED) is 0.884. The zero-order valence-corrected chi connectivity index (χ0v) is 9.09. The molecule has 0 aliphatic heterocycles. The molecule has 1 amide bonds. The summed E-state index contributed by atoms with van der Waals surface area (Å²) in [6, 6.07) is 1.72. The molecule has 0 aromatic carbocycles. The standard InChI is InChI=1S/C8H11BrN2O2/c1-5(2)8(12)10-4-6-3-7(9)11-13-6/h3,5H,4H2,1-2H3,(H,10,12). The Labute approximate surface area is 84.8 Å². The summed E-state index contributed by atoms with van der Waals surface area (Å²) >= 11 is 3.15. The van der Waals surface area contributed by atoms with E-state index in [4.69, 9.17) is 4.52 Å². The number of hydrogen-bond donors (Lipinski definition) is 1. The molecule has 0 saturated carbocycles. The van der Waals surface area contributed by atoms with E-state index in [-0.39, 0.29) is 11.8 Å². The summed E-state index contributed by atoms with van der Waals surface area (Å²) in [4.78, 5) is 11.1. The van der Waals surface area contributed by atoms with E-state index in [0.29, 0.717) is 16.9 Å². The topological polar surface area (TPSA) is 55.1 Å². The Balaban J connectivity index is 2.39. The smallest absolute Gasteiger partial charge is 0.222 e. The zero-order chi connectivity index (χ0) is 9.84. The number of rotatable bonds is 3. The Bertz CT molecular complexity index is 296. The summed E-state index contributed by atoms with van der Waals surface area (Å²) in [7, 11) is 0. The van der Waals surface area contributed by atoms with Crippen molar-refractivity contribution in [3.8, 4) is 0 Å². The van der Waals surface area contributed by atoms with Crippen molar-refractivity contribution in [3.05, 3.63) is 16.4 Å². The van der Waals surface area contributed by atoms with Crippen molar-refractivity contribution in [1.82, 2.24) is 10.5 Å². The van der Waals surface area contributed by atoms with Crippen LogP contribution in [0.2, 0.25) is 0 Å². The normalized spacial score (nSPS) is 10.5. The van der Waals surface area contributed by atoms with Crippen LogP contribution in [-0.2, 0) is 11.3 Å². The van der Waals surface area contributed by atoms with Crippen LogP contribution in [0.4, 0.5) is 0 Å². The van der Waals surface area contributed by atoms with E-state index in [1.54, 1.807) is 6.07 Å². The lowest BCUT2D eigenvalue weighted by atomic mass is 10.2. The molecule has 0 aliphatic rings. The van der Waals surface area contributed by atoms with Crippen LogP contribution in [0.25, 0.3) is 0 Å². The van der Waals surface area contributed by atoms with Gasteiger partial charge in [0, 0.05) is 12.0 Å². The van der Waals surface area contributed by atoms with Gasteiger partial charge < -0.3 is 9.84 Å². The maximum Gasteiger partial charge on any atom is 0.222 e. The highest BCUT2D eigenvalue weighted by Crippen LogP contribution is 2.09. The molecule has 13 heavy (non-hydrogen) atoms. The molecule has 0 saturated heterocycles. The van der Waals surface area contributed by atoms with Crippen LogP contribution in [-0.4, -0.2) is 11.1 Å². The number of nitrogens with zero attached hydrogens (tertiary/aromatic N) is 1. The first-order valence-corrected chi connectivity index (χ1v) is 4.77. The van der Waals surface area contributed by atoms with E-state index < -0.39 is 0 Å². The first-order chi connectivity index (χ1) is 6.09. The van der Waals surface area contributed by atoms with Crippen LogP contribution >= 0.6 is 15.9 Å². The molecule has 1 heterocycles. The fourth-order valence-corrected chi connectivity index (χ4v) is 1.08. The molecule has 1 rings (SSSR count). The number of nitrogens with one attached hydrogen (secondary N) is 1. The Morgan fingerprint density at radius 3 is 2.92 bits per heavy atom. The van der Waals surface area contributed by atoms with Gasteiger partial charge in [-0.3, -0.25) is 4.79 Å². The Morgan fingerprint density at radius 2 is 2.46 bits per heavy atom. The summed E-state index contributed by atoms with van der Waals surface area (Å²) in [6.07, 6.45) is 0. The number of carbonyl (C=O) groups excluding carboxylic acids is 1. The average molecular weight is 247 g/mol. The average Bonchev–Trinajstić information content (AvgIpc) is 2.47. The summed E-state index contributed by atoms with van der Waals surface area (Å²) in [5, 5.41) is 6.35. The van der Waals surface area contributed by atoms with E-state index in [1.165, 1.54) is 0 Å². The molecule has 1 aromatic rings.